The van der Waals surface area contributed by atoms with Crippen molar-refractivity contribution in [2.24, 2.45) is 0 Å². The van der Waals surface area contributed by atoms with E-state index in [1.807, 2.05) is 37.3 Å². The normalized spacial score (nSPS) is 15.0. The third-order valence-corrected chi connectivity index (χ3v) is 5.08. The van der Waals surface area contributed by atoms with E-state index >= 15 is 0 Å². The molecule has 156 valence electrons. The molecule has 2 aromatic rings. The first kappa shape index (κ1) is 21.0. The molecule has 0 spiro atoms. The van der Waals surface area contributed by atoms with Crippen LogP contribution in [0.2, 0.25) is 0 Å². The number of nitrogens with one attached hydrogen (secondary N) is 1. The number of benzene rings is 2. The zero-order valence-electron chi connectivity index (χ0n) is 17.2. The second-order valence-electron chi connectivity index (χ2n) is 7.00. The second-order valence-corrected chi connectivity index (χ2v) is 7.00. The Labute approximate surface area is 172 Å². The first-order valence-electron chi connectivity index (χ1n) is 10.2. The quantitative estimate of drug-likeness (QED) is 0.664. The molecule has 29 heavy (non-hydrogen) atoms. The molecule has 1 atom stereocenters. The summed E-state index contributed by atoms with van der Waals surface area (Å²) in [5.41, 5.74) is 1.18. The van der Waals surface area contributed by atoms with Crippen LogP contribution >= 0.6 is 0 Å². The molecule has 1 heterocycles. The number of carbonyl (C=O) groups excluding carboxylic acids is 1. The van der Waals surface area contributed by atoms with Crippen LogP contribution in [0.4, 0.5) is 0 Å². The predicted molar refractivity (Wildman–Crippen MR) is 113 cm³/mol. The molecule has 1 fully saturated rings. The molecule has 0 bridgehead atoms. The lowest BCUT2D eigenvalue weighted by Gasteiger charge is -2.28. The van der Waals surface area contributed by atoms with Crippen LogP contribution in [0.5, 0.6) is 17.2 Å². The molecule has 1 saturated heterocycles. The number of methoxy groups -OCH3 is 1. The van der Waals surface area contributed by atoms with Crippen LogP contribution in [0.1, 0.15) is 31.4 Å². The van der Waals surface area contributed by atoms with Crippen molar-refractivity contribution < 1.29 is 19.0 Å². The number of ether oxygens (including phenoxy) is 3. The average Bonchev–Trinajstić information content (AvgIpc) is 3.28. The highest BCUT2D eigenvalue weighted by molar-refractivity contribution is 5.77. The summed E-state index contributed by atoms with van der Waals surface area (Å²) >= 11 is 0. The van der Waals surface area contributed by atoms with Crippen LogP contribution in [0.15, 0.2) is 48.5 Å². The Balaban J connectivity index is 1.58. The van der Waals surface area contributed by atoms with Crippen LogP contribution in [0.25, 0.3) is 0 Å². The van der Waals surface area contributed by atoms with Crippen molar-refractivity contribution >= 4 is 5.91 Å². The lowest BCUT2D eigenvalue weighted by Crippen LogP contribution is -2.38. The molecule has 1 aliphatic rings. The number of para-hydroxylation sites is 2. The monoisotopic (exact) mass is 398 g/mol. The molecule has 1 N–H and O–H groups in total. The van der Waals surface area contributed by atoms with Crippen LogP contribution in [0.3, 0.4) is 0 Å². The minimum Gasteiger partial charge on any atom is -0.494 e. The number of rotatable bonds is 10. The SMILES string of the molecule is CCOc1ccc(C(CNC(=O)COc2ccccc2OC)N2CCCC2)cc1. The highest BCUT2D eigenvalue weighted by atomic mass is 16.5. The topological polar surface area (TPSA) is 60.0 Å². The molecule has 0 saturated carbocycles. The third-order valence-electron chi connectivity index (χ3n) is 5.08. The molecule has 2 aromatic carbocycles. The van der Waals surface area contributed by atoms with Gasteiger partial charge in [0, 0.05) is 6.54 Å². The first-order chi connectivity index (χ1) is 14.2. The standard InChI is InChI=1S/C23H30N2O4/c1-3-28-19-12-10-18(11-13-19)20(25-14-6-7-15-25)16-24-23(26)17-29-22-9-5-4-8-21(22)27-2/h4-5,8-13,20H,3,6-7,14-17H2,1-2H3,(H,24,26). The average molecular weight is 399 g/mol. The number of hydrogen-bond donors (Lipinski definition) is 1. The highest BCUT2D eigenvalue weighted by Crippen LogP contribution is 2.27. The van der Waals surface area contributed by atoms with Crippen LogP contribution in [0, 0.1) is 0 Å². The molecule has 6 nitrogen and oxygen atoms in total. The maximum absolute atomic E-state index is 12.4. The van der Waals surface area contributed by atoms with Crippen molar-refractivity contribution in [2.45, 2.75) is 25.8 Å². The van der Waals surface area contributed by atoms with Gasteiger partial charge in [0.25, 0.3) is 5.91 Å². The molecule has 0 aromatic heterocycles. The van der Waals surface area contributed by atoms with E-state index in [4.69, 9.17) is 14.2 Å². The molecular weight excluding hydrogens is 368 g/mol. The van der Waals surface area contributed by atoms with Crippen LogP contribution in [-0.4, -0.2) is 50.8 Å². The summed E-state index contributed by atoms with van der Waals surface area (Å²) in [6, 6.07) is 15.6. The van der Waals surface area contributed by atoms with Gasteiger partial charge in [-0.1, -0.05) is 24.3 Å². The fraction of sp³-hybridized carbons (Fsp3) is 0.435. The van der Waals surface area contributed by atoms with Crippen molar-refractivity contribution in [1.29, 1.82) is 0 Å². The molecule has 0 aliphatic carbocycles. The fourth-order valence-electron chi connectivity index (χ4n) is 3.61. The largest absolute Gasteiger partial charge is 0.494 e. The predicted octanol–water partition coefficient (Wildman–Crippen LogP) is 3.43. The zero-order chi connectivity index (χ0) is 20.5. The summed E-state index contributed by atoms with van der Waals surface area (Å²) in [5, 5.41) is 3.03. The van der Waals surface area contributed by atoms with Gasteiger partial charge in [-0.3, -0.25) is 9.69 Å². The van der Waals surface area contributed by atoms with E-state index < -0.39 is 0 Å². The number of nitrogens with zero attached hydrogens (tertiary/aromatic N) is 1. The van der Waals surface area contributed by atoms with Crippen LogP contribution < -0.4 is 19.5 Å². The lowest BCUT2D eigenvalue weighted by atomic mass is 10.1. The maximum Gasteiger partial charge on any atom is 0.258 e. The molecule has 3 rings (SSSR count). The van der Waals surface area contributed by atoms with Crippen molar-refractivity contribution in [1.82, 2.24) is 10.2 Å². The zero-order valence-corrected chi connectivity index (χ0v) is 17.2. The van der Waals surface area contributed by atoms with Gasteiger partial charge in [0.2, 0.25) is 0 Å². The Morgan fingerprint density at radius 1 is 1.03 bits per heavy atom. The summed E-state index contributed by atoms with van der Waals surface area (Å²) < 4.78 is 16.4. The highest BCUT2D eigenvalue weighted by Gasteiger charge is 2.24. The van der Waals surface area contributed by atoms with Gasteiger partial charge in [0.05, 0.1) is 19.8 Å². The number of likely N-dealkylation sites (tertiary alicyclic amines) is 1. The van der Waals surface area contributed by atoms with Gasteiger partial charge < -0.3 is 19.5 Å². The van der Waals surface area contributed by atoms with Crippen molar-refractivity contribution in [3.05, 3.63) is 54.1 Å². The molecular formula is C23H30N2O4. The molecule has 0 radical (unpaired) electrons. The van der Waals surface area contributed by atoms with E-state index in [1.165, 1.54) is 18.4 Å². The Morgan fingerprint density at radius 2 is 1.72 bits per heavy atom. The summed E-state index contributed by atoms with van der Waals surface area (Å²) in [6.07, 6.45) is 2.39. The first-order valence-corrected chi connectivity index (χ1v) is 10.2. The number of amides is 1. The fourth-order valence-corrected chi connectivity index (χ4v) is 3.61. The van der Waals surface area contributed by atoms with E-state index in [-0.39, 0.29) is 18.6 Å². The van der Waals surface area contributed by atoms with Gasteiger partial charge in [0.1, 0.15) is 5.75 Å². The molecule has 1 amide bonds. The minimum absolute atomic E-state index is 0.0453. The summed E-state index contributed by atoms with van der Waals surface area (Å²) in [6.45, 7) is 5.22. The van der Waals surface area contributed by atoms with Gasteiger partial charge in [0.15, 0.2) is 18.1 Å². The summed E-state index contributed by atoms with van der Waals surface area (Å²) in [7, 11) is 1.58. The van der Waals surface area contributed by atoms with E-state index in [1.54, 1.807) is 13.2 Å². The van der Waals surface area contributed by atoms with Crippen molar-refractivity contribution in [3.8, 4) is 17.2 Å². The maximum atomic E-state index is 12.4. The van der Waals surface area contributed by atoms with Gasteiger partial charge in [-0.2, -0.15) is 0 Å². The Hall–Kier alpha value is -2.73. The second kappa shape index (κ2) is 10.7. The van der Waals surface area contributed by atoms with E-state index in [0.717, 1.165) is 18.8 Å². The summed E-state index contributed by atoms with van der Waals surface area (Å²) in [5.74, 6) is 1.90. The molecule has 1 unspecified atom stereocenters. The van der Waals surface area contributed by atoms with Crippen LogP contribution in [-0.2, 0) is 4.79 Å². The van der Waals surface area contributed by atoms with Gasteiger partial charge in [-0.25, -0.2) is 0 Å². The third kappa shape index (κ3) is 5.87. The Morgan fingerprint density at radius 3 is 2.38 bits per heavy atom. The van der Waals surface area contributed by atoms with E-state index in [9.17, 15) is 4.79 Å². The van der Waals surface area contributed by atoms with Gasteiger partial charge in [-0.15, -0.1) is 0 Å². The van der Waals surface area contributed by atoms with Crippen molar-refractivity contribution in [3.63, 3.8) is 0 Å². The summed E-state index contributed by atoms with van der Waals surface area (Å²) in [4.78, 5) is 14.8. The van der Waals surface area contributed by atoms with Gasteiger partial charge >= 0.3 is 0 Å². The number of carbonyl (C=O) groups is 1. The minimum atomic E-state index is -0.147. The lowest BCUT2D eigenvalue weighted by molar-refractivity contribution is -0.123. The number of hydrogen-bond acceptors (Lipinski definition) is 5. The Bertz CT molecular complexity index is 773. The molecule has 1 aliphatic heterocycles. The van der Waals surface area contributed by atoms with Gasteiger partial charge in [-0.05, 0) is 62.7 Å². The van der Waals surface area contributed by atoms with E-state index in [0.29, 0.717) is 24.7 Å². The molecule has 6 heteroatoms. The smallest absolute Gasteiger partial charge is 0.258 e. The van der Waals surface area contributed by atoms with E-state index in [2.05, 4.69) is 22.3 Å². The van der Waals surface area contributed by atoms with Crippen molar-refractivity contribution in [2.75, 3.05) is 40.0 Å². The Kier molecular flexibility index (Phi) is 7.76.